The summed E-state index contributed by atoms with van der Waals surface area (Å²) in [6, 6.07) is 11.1. The Bertz CT molecular complexity index is 1210. The van der Waals surface area contributed by atoms with Gasteiger partial charge in [0.25, 0.3) is 0 Å². The van der Waals surface area contributed by atoms with E-state index in [1.807, 2.05) is 6.92 Å². The summed E-state index contributed by atoms with van der Waals surface area (Å²) in [5.74, 6) is -0.750. The van der Waals surface area contributed by atoms with Crippen molar-refractivity contribution in [3.05, 3.63) is 62.5 Å². The number of carbonyl (C=O) groups excluding carboxylic acids is 2. The van der Waals surface area contributed by atoms with Crippen molar-refractivity contribution >= 4 is 66.7 Å². The van der Waals surface area contributed by atoms with Gasteiger partial charge in [-0.25, -0.2) is 8.42 Å². The third-order valence-corrected chi connectivity index (χ3v) is 8.76. The highest BCUT2D eigenvalue weighted by molar-refractivity contribution is 9.10. The van der Waals surface area contributed by atoms with E-state index in [9.17, 15) is 18.0 Å². The molecular weight excluding hydrogens is 589 g/mol. The van der Waals surface area contributed by atoms with Crippen LogP contribution in [0.15, 0.2) is 46.9 Å². The number of sulfonamides is 1. The van der Waals surface area contributed by atoms with Crippen LogP contribution >= 0.6 is 39.1 Å². The molecule has 3 rings (SSSR count). The number of para-hydroxylation sites is 1. The number of hydrogen-bond donors (Lipinski definition) is 1. The first-order chi connectivity index (χ1) is 17.0. The summed E-state index contributed by atoms with van der Waals surface area (Å²) in [7, 11) is -3.81. The minimum absolute atomic E-state index is 0.0693. The van der Waals surface area contributed by atoms with Gasteiger partial charge >= 0.3 is 0 Å². The van der Waals surface area contributed by atoms with E-state index in [4.69, 9.17) is 23.2 Å². The maximum Gasteiger partial charge on any atom is 0.244 e. The quantitative estimate of drug-likeness (QED) is 0.387. The molecule has 11 heteroatoms. The predicted octanol–water partition coefficient (Wildman–Crippen LogP) is 5.39. The van der Waals surface area contributed by atoms with Crippen molar-refractivity contribution in [2.24, 2.45) is 0 Å². The Morgan fingerprint density at radius 3 is 2.36 bits per heavy atom. The molecule has 1 unspecified atom stereocenters. The largest absolute Gasteiger partial charge is 0.352 e. The first-order valence-electron chi connectivity index (χ1n) is 11.8. The molecule has 0 heterocycles. The van der Waals surface area contributed by atoms with E-state index in [0.717, 1.165) is 36.2 Å². The lowest BCUT2D eigenvalue weighted by Gasteiger charge is -2.33. The van der Waals surface area contributed by atoms with E-state index < -0.39 is 28.5 Å². The van der Waals surface area contributed by atoms with E-state index in [0.29, 0.717) is 32.2 Å². The van der Waals surface area contributed by atoms with Gasteiger partial charge in [0, 0.05) is 17.1 Å². The molecule has 1 aliphatic rings. The molecule has 0 aromatic heterocycles. The Hall–Kier alpha value is -1.81. The van der Waals surface area contributed by atoms with Crippen LogP contribution in [0.4, 0.5) is 5.69 Å². The van der Waals surface area contributed by atoms with Gasteiger partial charge in [0.1, 0.15) is 12.6 Å². The molecule has 0 saturated heterocycles. The van der Waals surface area contributed by atoms with Crippen molar-refractivity contribution in [2.45, 2.75) is 57.7 Å². The smallest absolute Gasteiger partial charge is 0.244 e. The fourth-order valence-electron chi connectivity index (χ4n) is 4.37. The van der Waals surface area contributed by atoms with E-state index in [1.54, 1.807) is 42.5 Å². The maximum atomic E-state index is 13.7. The van der Waals surface area contributed by atoms with Crippen LogP contribution in [-0.2, 0) is 26.2 Å². The second-order valence-corrected chi connectivity index (χ2v) is 12.5. The summed E-state index contributed by atoms with van der Waals surface area (Å²) < 4.78 is 27.0. The Labute approximate surface area is 231 Å². The van der Waals surface area contributed by atoms with Gasteiger partial charge in [-0.1, -0.05) is 61.2 Å². The number of carbonyl (C=O) groups is 2. The van der Waals surface area contributed by atoms with Crippen molar-refractivity contribution in [1.29, 1.82) is 0 Å². The molecule has 0 radical (unpaired) electrons. The molecule has 1 saturated carbocycles. The van der Waals surface area contributed by atoms with E-state index in [1.165, 1.54) is 4.90 Å². The molecule has 2 aromatic rings. The van der Waals surface area contributed by atoms with Crippen LogP contribution in [0.25, 0.3) is 0 Å². The number of nitrogens with zero attached hydrogens (tertiary/aromatic N) is 2. The maximum absolute atomic E-state index is 13.7. The lowest BCUT2D eigenvalue weighted by molar-refractivity contribution is -0.140. The van der Waals surface area contributed by atoms with Gasteiger partial charge in [0.05, 0.1) is 22.0 Å². The standard InChI is InChI=1S/C25H30BrCl2N3O4S/c1-3-22(25(33)29-18-8-4-5-9-18)30(15-17-12-13-20(27)21(28)14-17)24(32)16-31(36(2,34)35)23-11-7-6-10-19(23)26/h6-7,10-14,18,22H,3-5,8-9,15-16H2,1-2H3,(H,29,33). The van der Waals surface area contributed by atoms with Gasteiger partial charge in [-0.15, -0.1) is 0 Å². The molecule has 2 aromatic carbocycles. The van der Waals surface area contributed by atoms with Crippen molar-refractivity contribution < 1.29 is 18.0 Å². The average molecular weight is 619 g/mol. The number of rotatable bonds is 10. The molecule has 1 atom stereocenters. The molecule has 0 aliphatic heterocycles. The molecule has 196 valence electrons. The van der Waals surface area contributed by atoms with Gasteiger partial charge in [-0.2, -0.15) is 0 Å². The summed E-state index contributed by atoms with van der Waals surface area (Å²) in [6.45, 7) is 1.44. The van der Waals surface area contributed by atoms with Gasteiger partial charge in [-0.05, 0) is 65.0 Å². The van der Waals surface area contributed by atoms with Crippen molar-refractivity contribution in [2.75, 3.05) is 17.1 Å². The van der Waals surface area contributed by atoms with Crippen LogP contribution in [-0.4, -0.2) is 50.0 Å². The zero-order valence-electron chi connectivity index (χ0n) is 20.2. The van der Waals surface area contributed by atoms with Crippen molar-refractivity contribution in [1.82, 2.24) is 10.2 Å². The monoisotopic (exact) mass is 617 g/mol. The van der Waals surface area contributed by atoms with Crippen LogP contribution < -0.4 is 9.62 Å². The minimum Gasteiger partial charge on any atom is -0.352 e. The zero-order chi connectivity index (χ0) is 26.5. The number of benzene rings is 2. The van der Waals surface area contributed by atoms with Crippen LogP contribution in [0.3, 0.4) is 0 Å². The third-order valence-electron chi connectivity index (χ3n) is 6.22. The van der Waals surface area contributed by atoms with Crippen LogP contribution in [0.1, 0.15) is 44.6 Å². The SMILES string of the molecule is CCC(C(=O)NC1CCCC1)N(Cc1ccc(Cl)c(Cl)c1)C(=O)CN(c1ccccc1Br)S(C)(=O)=O. The van der Waals surface area contributed by atoms with E-state index in [2.05, 4.69) is 21.2 Å². The fourth-order valence-corrected chi connectivity index (χ4v) is 6.17. The molecule has 7 nitrogen and oxygen atoms in total. The average Bonchev–Trinajstić information content (AvgIpc) is 3.32. The highest BCUT2D eigenvalue weighted by Gasteiger charge is 2.33. The first-order valence-corrected chi connectivity index (χ1v) is 15.2. The lowest BCUT2D eigenvalue weighted by atomic mass is 10.1. The predicted molar refractivity (Wildman–Crippen MR) is 148 cm³/mol. The number of anilines is 1. The molecule has 2 amide bonds. The molecule has 36 heavy (non-hydrogen) atoms. The summed E-state index contributed by atoms with van der Waals surface area (Å²) in [5.41, 5.74) is 1.02. The Morgan fingerprint density at radius 1 is 1.11 bits per heavy atom. The molecule has 0 spiro atoms. The summed E-state index contributed by atoms with van der Waals surface area (Å²) in [5, 5.41) is 3.78. The lowest BCUT2D eigenvalue weighted by Crippen LogP contribution is -2.53. The summed E-state index contributed by atoms with van der Waals surface area (Å²) in [6.07, 6.45) is 5.35. The molecule has 1 N–H and O–H groups in total. The number of nitrogens with one attached hydrogen (secondary N) is 1. The van der Waals surface area contributed by atoms with Crippen LogP contribution in [0.5, 0.6) is 0 Å². The minimum atomic E-state index is -3.81. The highest BCUT2D eigenvalue weighted by Crippen LogP contribution is 2.29. The topological polar surface area (TPSA) is 86.8 Å². The fraction of sp³-hybridized carbons (Fsp3) is 0.440. The Kier molecular flexibility index (Phi) is 10.1. The number of amides is 2. The highest BCUT2D eigenvalue weighted by atomic mass is 79.9. The molecule has 0 bridgehead atoms. The third kappa shape index (κ3) is 7.37. The zero-order valence-corrected chi connectivity index (χ0v) is 24.1. The normalized spacial score (nSPS) is 14.9. The molecule has 1 aliphatic carbocycles. The van der Waals surface area contributed by atoms with Gasteiger partial charge in [0.2, 0.25) is 21.8 Å². The Balaban J connectivity index is 1.95. The van der Waals surface area contributed by atoms with E-state index in [-0.39, 0.29) is 18.5 Å². The Morgan fingerprint density at radius 2 is 1.78 bits per heavy atom. The van der Waals surface area contributed by atoms with Crippen LogP contribution in [0.2, 0.25) is 10.0 Å². The molecular formula is C25H30BrCl2N3O4S. The first kappa shape index (κ1) is 28.8. The van der Waals surface area contributed by atoms with Crippen molar-refractivity contribution in [3.8, 4) is 0 Å². The van der Waals surface area contributed by atoms with Crippen LogP contribution in [0, 0.1) is 0 Å². The van der Waals surface area contributed by atoms with E-state index >= 15 is 0 Å². The second kappa shape index (κ2) is 12.6. The molecule has 1 fully saturated rings. The number of hydrogen-bond acceptors (Lipinski definition) is 4. The second-order valence-electron chi connectivity index (χ2n) is 8.91. The van der Waals surface area contributed by atoms with Crippen molar-refractivity contribution in [3.63, 3.8) is 0 Å². The van der Waals surface area contributed by atoms with Gasteiger partial charge in [-0.3, -0.25) is 13.9 Å². The summed E-state index contributed by atoms with van der Waals surface area (Å²) >= 11 is 15.6. The summed E-state index contributed by atoms with van der Waals surface area (Å²) in [4.78, 5) is 28.5. The van der Waals surface area contributed by atoms with Gasteiger partial charge in [0.15, 0.2) is 0 Å². The van der Waals surface area contributed by atoms with Gasteiger partial charge < -0.3 is 10.2 Å². The number of halogens is 3.